The van der Waals surface area contributed by atoms with Gasteiger partial charge in [0.05, 0.1) is 24.4 Å². The van der Waals surface area contributed by atoms with E-state index in [4.69, 9.17) is 17.0 Å². The first kappa shape index (κ1) is 18.8. The first-order chi connectivity index (χ1) is 13.6. The number of hydrogen-bond donors (Lipinski definition) is 2. The van der Waals surface area contributed by atoms with E-state index in [1.165, 1.54) is 12.5 Å². The number of allylic oxidation sites excluding steroid dienone is 1. The maximum absolute atomic E-state index is 11.5. The van der Waals surface area contributed by atoms with Crippen molar-refractivity contribution in [3.63, 3.8) is 0 Å². The SMILES string of the molecule is O=[N+]([O-])c1cc(/C=N/NC(=S)NC2CC3C=CC2C3)ccc1N1CCOCC1. The summed E-state index contributed by atoms with van der Waals surface area (Å²) < 4.78 is 5.32. The summed E-state index contributed by atoms with van der Waals surface area (Å²) in [7, 11) is 0. The summed E-state index contributed by atoms with van der Waals surface area (Å²) in [6.07, 6.45) is 8.38. The Kier molecular flexibility index (Phi) is 5.54. The Morgan fingerprint density at radius 2 is 2.14 bits per heavy atom. The Hall–Kier alpha value is -2.52. The molecule has 1 aliphatic heterocycles. The van der Waals surface area contributed by atoms with Crippen molar-refractivity contribution in [3.8, 4) is 0 Å². The fraction of sp³-hybridized carbons (Fsp3) is 0.474. The topological polar surface area (TPSA) is 92.0 Å². The molecule has 9 heteroatoms. The zero-order valence-electron chi connectivity index (χ0n) is 15.4. The fourth-order valence-electron chi connectivity index (χ4n) is 4.15. The molecule has 3 atom stereocenters. The van der Waals surface area contributed by atoms with E-state index in [0.29, 0.717) is 60.5 Å². The number of nitro groups is 1. The highest BCUT2D eigenvalue weighted by atomic mass is 32.1. The summed E-state index contributed by atoms with van der Waals surface area (Å²) in [5.74, 6) is 1.21. The van der Waals surface area contributed by atoms with Gasteiger partial charge in [0.25, 0.3) is 5.69 Å². The molecule has 8 nitrogen and oxygen atoms in total. The number of ether oxygens (including phenoxy) is 1. The Balaban J connectivity index is 1.37. The van der Waals surface area contributed by atoms with E-state index in [0.717, 1.165) is 6.42 Å². The summed E-state index contributed by atoms with van der Waals surface area (Å²) in [6.45, 7) is 2.45. The molecule has 1 aromatic carbocycles. The van der Waals surface area contributed by atoms with Crippen LogP contribution in [0, 0.1) is 22.0 Å². The van der Waals surface area contributed by atoms with Crippen LogP contribution < -0.4 is 15.6 Å². The van der Waals surface area contributed by atoms with Gasteiger partial charge in [-0.05, 0) is 43.0 Å². The van der Waals surface area contributed by atoms with Gasteiger partial charge >= 0.3 is 0 Å². The van der Waals surface area contributed by atoms with Crippen molar-refractivity contribution in [1.82, 2.24) is 10.7 Å². The molecule has 1 heterocycles. The highest BCUT2D eigenvalue weighted by Crippen LogP contribution is 2.38. The number of anilines is 1. The second-order valence-electron chi connectivity index (χ2n) is 7.33. The van der Waals surface area contributed by atoms with Crippen molar-refractivity contribution >= 4 is 34.9 Å². The van der Waals surface area contributed by atoms with Gasteiger partial charge in [0.2, 0.25) is 0 Å². The van der Waals surface area contributed by atoms with Gasteiger partial charge in [-0.1, -0.05) is 18.2 Å². The van der Waals surface area contributed by atoms with Crippen LogP contribution in [0.4, 0.5) is 11.4 Å². The summed E-state index contributed by atoms with van der Waals surface area (Å²) >= 11 is 5.31. The Morgan fingerprint density at radius 3 is 2.82 bits per heavy atom. The Labute approximate surface area is 168 Å². The molecule has 28 heavy (non-hydrogen) atoms. The molecule has 2 bridgehead atoms. The average molecular weight is 401 g/mol. The predicted octanol–water partition coefficient (Wildman–Crippen LogP) is 2.19. The molecule has 1 saturated carbocycles. The largest absolute Gasteiger partial charge is 0.378 e. The molecular formula is C19H23N5O3S. The lowest BCUT2D eigenvalue weighted by atomic mass is 10.0. The molecular weight excluding hydrogens is 378 g/mol. The van der Waals surface area contributed by atoms with Gasteiger partial charge in [-0.15, -0.1) is 0 Å². The molecule has 0 aromatic heterocycles. The quantitative estimate of drug-likeness (QED) is 0.257. The van der Waals surface area contributed by atoms with Crippen LogP contribution in [-0.2, 0) is 4.74 Å². The van der Waals surface area contributed by atoms with Gasteiger partial charge in [-0.2, -0.15) is 5.10 Å². The van der Waals surface area contributed by atoms with E-state index >= 15 is 0 Å². The van der Waals surface area contributed by atoms with E-state index < -0.39 is 0 Å². The highest BCUT2D eigenvalue weighted by Gasteiger charge is 2.35. The van der Waals surface area contributed by atoms with Crippen molar-refractivity contribution < 1.29 is 9.66 Å². The van der Waals surface area contributed by atoms with Crippen molar-refractivity contribution in [2.75, 3.05) is 31.2 Å². The first-order valence-corrected chi connectivity index (χ1v) is 9.90. The van der Waals surface area contributed by atoms with Crippen molar-refractivity contribution in [1.29, 1.82) is 0 Å². The van der Waals surface area contributed by atoms with Crippen LogP contribution >= 0.6 is 12.2 Å². The predicted molar refractivity (Wildman–Crippen MR) is 112 cm³/mol. The van der Waals surface area contributed by atoms with Gasteiger partial charge in [0, 0.05) is 30.8 Å². The normalized spacial score (nSPS) is 26.0. The number of nitrogens with one attached hydrogen (secondary N) is 2. The monoisotopic (exact) mass is 401 g/mol. The Morgan fingerprint density at radius 1 is 1.32 bits per heavy atom. The molecule has 3 aliphatic rings. The van der Waals surface area contributed by atoms with E-state index in [1.807, 2.05) is 11.0 Å². The smallest absolute Gasteiger partial charge is 0.293 e. The molecule has 2 fully saturated rings. The number of rotatable bonds is 5. The lowest BCUT2D eigenvalue weighted by Crippen LogP contribution is -2.42. The van der Waals surface area contributed by atoms with Gasteiger partial charge in [0.1, 0.15) is 5.69 Å². The number of nitrogens with zero attached hydrogens (tertiary/aromatic N) is 3. The van der Waals surface area contributed by atoms with E-state index in [1.54, 1.807) is 12.3 Å². The lowest BCUT2D eigenvalue weighted by molar-refractivity contribution is -0.384. The molecule has 0 amide bonds. The third-order valence-electron chi connectivity index (χ3n) is 5.52. The number of fused-ring (bicyclic) bond motifs is 2. The van der Waals surface area contributed by atoms with Crippen LogP contribution in [0.3, 0.4) is 0 Å². The zero-order valence-corrected chi connectivity index (χ0v) is 16.2. The minimum absolute atomic E-state index is 0.0697. The lowest BCUT2D eigenvalue weighted by Gasteiger charge is -2.28. The van der Waals surface area contributed by atoms with Crippen LogP contribution in [-0.4, -0.2) is 48.6 Å². The summed E-state index contributed by atoms with van der Waals surface area (Å²) in [5, 5.41) is 19.4. The number of hydrazone groups is 1. The molecule has 4 rings (SSSR count). The number of thiocarbonyl (C=S) groups is 1. The average Bonchev–Trinajstić information content (AvgIpc) is 3.31. The molecule has 3 unspecified atom stereocenters. The van der Waals surface area contributed by atoms with Crippen LogP contribution in [0.25, 0.3) is 0 Å². The first-order valence-electron chi connectivity index (χ1n) is 9.49. The third kappa shape index (κ3) is 4.15. The number of benzene rings is 1. The van der Waals surface area contributed by atoms with Gasteiger partial charge in [-0.3, -0.25) is 15.5 Å². The minimum Gasteiger partial charge on any atom is -0.378 e. The zero-order chi connectivity index (χ0) is 19.5. The van der Waals surface area contributed by atoms with E-state index in [9.17, 15) is 10.1 Å². The maximum atomic E-state index is 11.5. The number of nitro benzene ring substituents is 1. The summed E-state index contributed by atoms with van der Waals surface area (Å²) in [6, 6.07) is 5.48. The standard InChI is InChI=1S/C19H23N5O3S/c25-24(26)18-11-14(2-4-17(18)23-5-7-27-8-6-23)12-20-22-19(28)21-16-10-13-1-3-15(16)9-13/h1-4,11-13,15-16H,5-10H2,(H2,21,22,28)/b20-12+. The molecule has 1 saturated heterocycles. The van der Waals surface area contributed by atoms with Crippen LogP contribution in [0.5, 0.6) is 0 Å². The van der Waals surface area contributed by atoms with Gasteiger partial charge < -0.3 is 15.0 Å². The van der Waals surface area contributed by atoms with Crippen LogP contribution in [0.2, 0.25) is 0 Å². The molecule has 2 aliphatic carbocycles. The summed E-state index contributed by atoms with van der Waals surface area (Å²) in [4.78, 5) is 13.1. The van der Waals surface area contributed by atoms with Crippen molar-refractivity contribution in [2.45, 2.75) is 18.9 Å². The third-order valence-corrected chi connectivity index (χ3v) is 5.73. The van der Waals surface area contributed by atoms with Gasteiger partial charge in [0.15, 0.2) is 5.11 Å². The molecule has 0 spiro atoms. The van der Waals surface area contributed by atoms with Crippen molar-refractivity contribution in [3.05, 3.63) is 46.0 Å². The van der Waals surface area contributed by atoms with Crippen molar-refractivity contribution in [2.24, 2.45) is 16.9 Å². The second kappa shape index (κ2) is 8.24. The maximum Gasteiger partial charge on any atom is 0.293 e. The number of hydrogen-bond acceptors (Lipinski definition) is 6. The van der Waals surface area contributed by atoms with Crippen LogP contribution in [0.15, 0.2) is 35.5 Å². The van der Waals surface area contributed by atoms with Gasteiger partial charge in [-0.25, -0.2) is 0 Å². The molecule has 2 N–H and O–H groups in total. The highest BCUT2D eigenvalue weighted by molar-refractivity contribution is 7.80. The fourth-order valence-corrected chi connectivity index (χ4v) is 4.36. The minimum atomic E-state index is -0.357. The second-order valence-corrected chi connectivity index (χ2v) is 7.74. The number of morpholine rings is 1. The molecule has 148 valence electrons. The van der Waals surface area contributed by atoms with Crippen LogP contribution in [0.1, 0.15) is 18.4 Å². The Bertz CT molecular complexity index is 822. The molecule has 0 radical (unpaired) electrons. The molecule has 1 aromatic rings. The van der Waals surface area contributed by atoms with E-state index in [-0.39, 0.29) is 10.6 Å². The van der Waals surface area contributed by atoms with E-state index in [2.05, 4.69) is 28.0 Å². The summed E-state index contributed by atoms with van der Waals surface area (Å²) in [5.41, 5.74) is 4.13.